The topological polar surface area (TPSA) is 147 Å². The maximum absolute atomic E-state index is 14.1. The zero-order chi connectivity index (χ0) is 28.9. The smallest absolute Gasteiger partial charge is 0.324 e. The predicted molar refractivity (Wildman–Crippen MR) is 150 cm³/mol. The van der Waals surface area contributed by atoms with Crippen molar-refractivity contribution in [3.05, 3.63) is 81.2 Å². The van der Waals surface area contributed by atoms with Crippen LogP contribution < -0.4 is 10.1 Å². The maximum Gasteiger partial charge on any atom is 0.324 e. The Morgan fingerprint density at radius 2 is 2.00 bits per heavy atom. The van der Waals surface area contributed by atoms with Crippen LogP contribution >= 0.6 is 11.3 Å². The fraction of sp³-hybridized carbons (Fsp3) is 0.222. The van der Waals surface area contributed by atoms with E-state index < -0.39 is 10.8 Å². The summed E-state index contributed by atoms with van der Waals surface area (Å²) >= 11 is 0.751. The average molecular weight is 578 g/mol. The van der Waals surface area contributed by atoms with Crippen LogP contribution in [0.25, 0.3) is 28.1 Å². The Hall–Kier alpha value is -4.82. The van der Waals surface area contributed by atoms with Crippen molar-refractivity contribution in [2.45, 2.75) is 19.8 Å². The summed E-state index contributed by atoms with van der Waals surface area (Å²) in [6.07, 6.45) is 4.45. The van der Waals surface area contributed by atoms with Crippen LogP contribution in [0.1, 0.15) is 28.6 Å². The van der Waals surface area contributed by atoms with Gasteiger partial charge >= 0.3 is 5.00 Å². The molecule has 4 aromatic heterocycles. The van der Waals surface area contributed by atoms with Gasteiger partial charge in [0.25, 0.3) is 5.91 Å². The summed E-state index contributed by atoms with van der Waals surface area (Å²) in [4.78, 5) is 37.4. The summed E-state index contributed by atoms with van der Waals surface area (Å²) in [6.45, 7) is 2.74. The van der Waals surface area contributed by atoms with E-state index >= 15 is 0 Å². The molecule has 12 nitrogen and oxygen atoms in total. The summed E-state index contributed by atoms with van der Waals surface area (Å²) in [6, 6.07) is 10.5. The number of aryl methyl sites for hydroxylation is 1. The molecule has 14 heteroatoms. The maximum atomic E-state index is 14.1. The van der Waals surface area contributed by atoms with Gasteiger partial charge in [-0.25, -0.2) is 24.0 Å². The Morgan fingerprint density at radius 3 is 2.71 bits per heavy atom. The highest BCUT2D eigenvalue weighted by Gasteiger charge is 2.21. The summed E-state index contributed by atoms with van der Waals surface area (Å²) < 4.78 is 26.2. The van der Waals surface area contributed by atoms with Crippen LogP contribution in [0.5, 0.6) is 5.88 Å². The van der Waals surface area contributed by atoms with Crippen molar-refractivity contribution in [3.63, 3.8) is 0 Å². The minimum absolute atomic E-state index is 0.139. The van der Waals surface area contributed by atoms with Crippen LogP contribution in [-0.4, -0.2) is 55.9 Å². The molecule has 0 bridgehead atoms. The third kappa shape index (κ3) is 6.02. The molecule has 5 aromatic rings. The monoisotopic (exact) mass is 577 g/mol. The largest absolute Gasteiger partial charge is 0.475 e. The molecular formula is C27H24FN7O5S. The van der Waals surface area contributed by atoms with E-state index in [1.165, 1.54) is 30.5 Å². The van der Waals surface area contributed by atoms with E-state index in [1.807, 2.05) is 6.92 Å². The molecule has 0 saturated heterocycles. The number of benzene rings is 1. The molecule has 0 aliphatic carbocycles. The number of thiophene rings is 1. The number of hydrogen-bond donors (Lipinski definition) is 1. The molecule has 4 heterocycles. The van der Waals surface area contributed by atoms with Gasteiger partial charge in [0, 0.05) is 31.0 Å². The number of nitrogens with one attached hydrogen (secondary N) is 1. The molecule has 0 radical (unpaired) electrons. The first-order valence-electron chi connectivity index (χ1n) is 12.6. The Balaban J connectivity index is 1.60. The third-order valence-corrected chi connectivity index (χ3v) is 7.01. The zero-order valence-corrected chi connectivity index (χ0v) is 22.9. The number of nitrogens with zero attached hydrogens (tertiary/aromatic N) is 6. The normalized spacial score (nSPS) is 11.1. The van der Waals surface area contributed by atoms with E-state index in [9.17, 15) is 19.3 Å². The molecule has 0 atom stereocenters. The lowest BCUT2D eigenvalue weighted by molar-refractivity contribution is -0.380. The molecule has 41 heavy (non-hydrogen) atoms. The van der Waals surface area contributed by atoms with E-state index in [2.05, 4.69) is 20.4 Å². The van der Waals surface area contributed by atoms with E-state index in [0.29, 0.717) is 47.8 Å². The zero-order valence-electron chi connectivity index (χ0n) is 22.0. The molecule has 210 valence electrons. The number of amides is 1. The summed E-state index contributed by atoms with van der Waals surface area (Å²) in [7, 11) is 1.57. The van der Waals surface area contributed by atoms with Gasteiger partial charge in [0.15, 0.2) is 11.5 Å². The molecule has 0 fully saturated rings. The van der Waals surface area contributed by atoms with Crippen molar-refractivity contribution in [2.24, 2.45) is 0 Å². The molecule has 5 rings (SSSR count). The van der Waals surface area contributed by atoms with E-state index in [1.54, 1.807) is 36.2 Å². The van der Waals surface area contributed by atoms with Crippen LogP contribution in [0.4, 0.5) is 15.2 Å². The van der Waals surface area contributed by atoms with Crippen LogP contribution in [0, 0.1) is 15.9 Å². The highest BCUT2D eigenvalue weighted by molar-refractivity contribution is 7.17. The van der Waals surface area contributed by atoms with Crippen molar-refractivity contribution in [2.75, 3.05) is 25.6 Å². The van der Waals surface area contributed by atoms with Gasteiger partial charge in [-0.3, -0.25) is 14.9 Å². The van der Waals surface area contributed by atoms with Gasteiger partial charge in [0.05, 0.1) is 33.7 Å². The molecule has 0 unspecified atom stereocenters. The Morgan fingerprint density at radius 1 is 1.15 bits per heavy atom. The lowest BCUT2D eigenvalue weighted by Gasteiger charge is -2.12. The number of fused-ring (bicyclic) bond motifs is 1. The SMILES string of the molecule is CCCc1cc(F)ccc1-n1ncc2c(NC(=O)c3ccc([N+](=O)[O-])s3)nc(-c3ccc(OCCOC)nc3)nc21. The number of pyridine rings is 1. The van der Waals surface area contributed by atoms with Crippen molar-refractivity contribution in [3.8, 4) is 23.0 Å². The minimum Gasteiger partial charge on any atom is -0.475 e. The average Bonchev–Trinajstić information content (AvgIpc) is 3.63. The quantitative estimate of drug-likeness (QED) is 0.127. The first kappa shape index (κ1) is 27.7. The first-order chi connectivity index (χ1) is 19.9. The number of nitro groups is 1. The van der Waals surface area contributed by atoms with E-state index in [-0.39, 0.29) is 27.3 Å². The van der Waals surface area contributed by atoms with Gasteiger partial charge in [-0.2, -0.15) is 5.10 Å². The molecule has 1 aromatic carbocycles. The second kappa shape index (κ2) is 12.1. The number of carbonyl (C=O) groups is 1. The van der Waals surface area contributed by atoms with Gasteiger partial charge < -0.3 is 14.8 Å². The van der Waals surface area contributed by atoms with Gasteiger partial charge in [-0.1, -0.05) is 24.7 Å². The van der Waals surface area contributed by atoms with E-state index in [4.69, 9.17) is 14.5 Å². The van der Waals surface area contributed by atoms with Crippen LogP contribution in [0.3, 0.4) is 0 Å². The lowest BCUT2D eigenvalue weighted by Crippen LogP contribution is -2.13. The molecule has 1 N–H and O–H groups in total. The fourth-order valence-electron chi connectivity index (χ4n) is 4.08. The van der Waals surface area contributed by atoms with Crippen molar-refractivity contribution in [1.29, 1.82) is 0 Å². The molecule has 0 aliphatic rings. The van der Waals surface area contributed by atoms with Crippen LogP contribution in [-0.2, 0) is 11.2 Å². The van der Waals surface area contributed by atoms with Crippen LogP contribution in [0.15, 0.2) is 54.9 Å². The lowest BCUT2D eigenvalue weighted by atomic mass is 10.1. The number of methoxy groups -OCH3 is 1. The number of carbonyl (C=O) groups excluding carboxylic acids is 1. The fourth-order valence-corrected chi connectivity index (χ4v) is 4.80. The van der Waals surface area contributed by atoms with Gasteiger partial charge in [-0.05, 0) is 42.3 Å². The Bertz CT molecular complexity index is 1720. The Kier molecular flexibility index (Phi) is 8.21. The number of anilines is 1. The summed E-state index contributed by atoms with van der Waals surface area (Å²) in [5.74, 6) is -0.157. The third-order valence-electron chi connectivity index (χ3n) is 5.98. The van der Waals surface area contributed by atoms with Gasteiger partial charge in [-0.15, -0.1) is 0 Å². The second-order valence-electron chi connectivity index (χ2n) is 8.79. The summed E-state index contributed by atoms with van der Waals surface area (Å²) in [5, 5.41) is 18.6. The Labute approximate surface area is 237 Å². The molecular weight excluding hydrogens is 553 g/mol. The molecule has 0 saturated carbocycles. The molecule has 0 spiro atoms. The van der Waals surface area contributed by atoms with Gasteiger partial charge in [0.2, 0.25) is 5.88 Å². The number of hydrogen-bond acceptors (Lipinski definition) is 10. The van der Waals surface area contributed by atoms with E-state index in [0.717, 1.165) is 23.3 Å². The first-order valence-corrected chi connectivity index (χ1v) is 13.4. The minimum atomic E-state index is -0.574. The second-order valence-corrected chi connectivity index (χ2v) is 9.85. The number of aromatic nitrogens is 5. The van der Waals surface area contributed by atoms with Crippen LogP contribution in [0.2, 0.25) is 0 Å². The van der Waals surface area contributed by atoms with Crippen molar-refractivity contribution >= 4 is 39.1 Å². The highest BCUT2D eigenvalue weighted by atomic mass is 32.1. The van der Waals surface area contributed by atoms with Gasteiger partial charge in [0.1, 0.15) is 18.2 Å². The highest BCUT2D eigenvalue weighted by Crippen LogP contribution is 2.30. The standard InChI is InChI=1S/C27H24FN7O5S/c1-3-4-16-13-18(28)6-7-20(16)34-26-19(15-30-34)25(33-27(36)21-8-10-23(41-21)35(37)38)31-24(32-26)17-5-9-22(29-14-17)40-12-11-39-2/h5-10,13-15H,3-4,11-12H2,1-2H3,(H,31,32,33,36). The molecule has 0 aliphatic heterocycles. The number of halogens is 1. The predicted octanol–water partition coefficient (Wildman–Crippen LogP) is 5.22. The van der Waals surface area contributed by atoms with Crippen molar-refractivity contribution < 1.29 is 23.6 Å². The number of rotatable bonds is 11. The summed E-state index contributed by atoms with van der Waals surface area (Å²) in [5.41, 5.74) is 2.29. The molecule has 1 amide bonds. The number of ether oxygens (including phenoxy) is 2. The van der Waals surface area contributed by atoms with Crippen molar-refractivity contribution in [1.82, 2.24) is 24.7 Å².